The van der Waals surface area contributed by atoms with E-state index in [2.05, 4.69) is 20.3 Å². The third kappa shape index (κ3) is 4.69. The number of H-pyrrole nitrogens is 1. The Labute approximate surface area is 253 Å². The molecule has 0 unspecified atom stereocenters. The molecule has 0 saturated carbocycles. The zero-order valence-electron chi connectivity index (χ0n) is 23.7. The van der Waals surface area contributed by atoms with Gasteiger partial charge in [0.2, 0.25) is 0 Å². The summed E-state index contributed by atoms with van der Waals surface area (Å²) in [5.41, 5.74) is 5.99. The van der Waals surface area contributed by atoms with Crippen LogP contribution in [0.5, 0.6) is 0 Å². The molecule has 1 fully saturated rings. The van der Waals surface area contributed by atoms with E-state index < -0.39 is 11.6 Å². The molecule has 0 bridgehead atoms. The van der Waals surface area contributed by atoms with Crippen molar-refractivity contribution in [3.05, 3.63) is 117 Å². The van der Waals surface area contributed by atoms with E-state index in [9.17, 15) is 18.4 Å². The fraction of sp³-hybridized carbons (Fsp3) is 0.212. The second kappa shape index (κ2) is 10.6. The first-order chi connectivity index (χ1) is 21.9. The van der Waals surface area contributed by atoms with E-state index in [1.807, 2.05) is 17.0 Å². The molecule has 0 aliphatic carbocycles. The summed E-state index contributed by atoms with van der Waals surface area (Å²) in [5.74, 6) is -1.61. The van der Waals surface area contributed by atoms with Crippen molar-refractivity contribution < 1.29 is 22.5 Å². The Kier molecular flexibility index (Phi) is 6.36. The number of amides is 1. The molecule has 12 heteroatoms. The summed E-state index contributed by atoms with van der Waals surface area (Å²) in [6, 6.07) is 14.6. The molecule has 2 aliphatic rings. The first kappa shape index (κ1) is 27.1. The minimum absolute atomic E-state index is 0.0139. The smallest absolute Gasteiger partial charge is 0.388 e. The molecule has 8 rings (SSSR count). The van der Waals surface area contributed by atoms with Crippen molar-refractivity contribution in [1.82, 2.24) is 30.2 Å². The predicted octanol–water partition coefficient (Wildman–Crippen LogP) is 5.57. The highest BCUT2D eigenvalue weighted by Crippen LogP contribution is 2.48. The maximum Gasteiger partial charge on any atom is 0.434 e. The number of halogens is 2. The lowest BCUT2D eigenvalue weighted by Crippen LogP contribution is -2.23. The lowest BCUT2D eigenvalue weighted by atomic mass is 9.89. The summed E-state index contributed by atoms with van der Waals surface area (Å²) in [6.07, 6.45) is 4.11. The zero-order valence-corrected chi connectivity index (χ0v) is 23.7. The second-order valence-corrected chi connectivity index (χ2v) is 11.3. The Bertz CT molecular complexity index is 2150. The van der Waals surface area contributed by atoms with Crippen molar-refractivity contribution in [2.24, 2.45) is 0 Å². The Morgan fingerprint density at radius 3 is 2.56 bits per heavy atom. The Morgan fingerprint density at radius 1 is 0.933 bits per heavy atom. The van der Waals surface area contributed by atoms with Gasteiger partial charge >= 0.3 is 5.76 Å². The second-order valence-electron chi connectivity index (χ2n) is 11.3. The van der Waals surface area contributed by atoms with Crippen LogP contribution in [0.4, 0.5) is 8.78 Å². The van der Waals surface area contributed by atoms with E-state index in [1.165, 1.54) is 18.2 Å². The first-order valence-corrected chi connectivity index (χ1v) is 14.6. The number of fused-ring (bicyclic) bond motifs is 4. The Hall–Kier alpha value is -5.52. The van der Waals surface area contributed by atoms with E-state index in [4.69, 9.17) is 13.9 Å². The van der Waals surface area contributed by atoms with Gasteiger partial charge in [-0.05, 0) is 73.2 Å². The van der Waals surface area contributed by atoms with Crippen LogP contribution in [-0.2, 0) is 19.3 Å². The van der Waals surface area contributed by atoms with Crippen LogP contribution < -0.4 is 5.76 Å². The number of aryl methyl sites for hydroxylation is 2. The van der Waals surface area contributed by atoms with Gasteiger partial charge in [-0.25, -0.2) is 18.7 Å². The third-order valence-electron chi connectivity index (χ3n) is 8.53. The van der Waals surface area contributed by atoms with Gasteiger partial charge in [0.05, 0.1) is 40.4 Å². The molecule has 1 amide bonds. The van der Waals surface area contributed by atoms with E-state index >= 15 is 0 Å². The summed E-state index contributed by atoms with van der Waals surface area (Å²) >= 11 is 0. The van der Waals surface area contributed by atoms with Crippen molar-refractivity contribution in [1.29, 1.82) is 0 Å². The number of nitrogens with one attached hydrogen (secondary N) is 1. The van der Waals surface area contributed by atoms with Crippen LogP contribution in [0.3, 0.4) is 0 Å². The molecule has 2 aliphatic heterocycles. The number of carbonyl (C=O) groups excluding carboxylic acids is 1. The van der Waals surface area contributed by atoms with Crippen LogP contribution in [0.2, 0.25) is 0 Å². The van der Waals surface area contributed by atoms with E-state index in [-0.39, 0.29) is 23.7 Å². The Balaban J connectivity index is 1.30. The summed E-state index contributed by atoms with van der Waals surface area (Å²) in [6.45, 7) is 0.624. The van der Waals surface area contributed by atoms with Crippen molar-refractivity contribution in [2.75, 3.05) is 6.54 Å². The zero-order chi connectivity index (χ0) is 30.7. The molecule has 1 saturated heterocycles. The molecule has 6 heterocycles. The molecule has 1 N–H and O–H groups in total. The SMILES string of the molecule is O=C1c2c(nc(CCc3ccc(F)cc3)c(-c3n[nH]c(=O)o3)c2-c2ccc3c(Cc4ccc(F)cn4)noc3c2)[C@@H]2CCCN12. The van der Waals surface area contributed by atoms with Gasteiger partial charge in [0.25, 0.3) is 11.8 Å². The third-order valence-corrected chi connectivity index (χ3v) is 8.53. The van der Waals surface area contributed by atoms with Crippen LogP contribution in [-0.4, -0.2) is 42.7 Å². The quantitative estimate of drug-likeness (QED) is 0.250. The number of hydrogen-bond acceptors (Lipinski definition) is 8. The van der Waals surface area contributed by atoms with Gasteiger partial charge < -0.3 is 13.8 Å². The van der Waals surface area contributed by atoms with Gasteiger partial charge in [-0.2, -0.15) is 0 Å². The topological polar surface area (TPSA) is 131 Å². The molecule has 1 atom stereocenters. The molecule has 4 aromatic heterocycles. The average Bonchev–Trinajstić information content (AvgIpc) is 3.84. The van der Waals surface area contributed by atoms with Gasteiger partial charge in [0, 0.05) is 29.6 Å². The molecular weight excluding hydrogens is 582 g/mol. The van der Waals surface area contributed by atoms with Gasteiger partial charge in [0.15, 0.2) is 5.58 Å². The van der Waals surface area contributed by atoms with E-state index in [0.29, 0.717) is 76.4 Å². The van der Waals surface area contributed by atoms with Gasteiger partial charge in [-0.1, -0.05) is 23.4 Å². The summed E-state index contributed by atoms with van der Waals surface area (Å²) < 4.78 is 38.2. The molecule has 6 aromatic rings. The van der Waals surface area contributed by atoms with E-state index in [1.54, 1.807) is 24.3 Å². The fourth-order valence-electron chi connectivity index (χ4n) is 6.46. The minimum Gasteiger partial charge on any atom is -0.388 e. The molecule has 45 heavy (non-hydrogen) atoms. The molecule has 0 spiro atoms. The maximum absolute atomic E-state index is 13.9. The Morgan fingerprint density at radius 2 is 1.78 bits per heavy atom. The van der Waals surface area contributed by atoms with Crippen molar-refractivity contribution in [3.8, 4) is 22.6 Å². The molecule has 2 aromatic carbocycles. The van der Waals surface area contributed by atoms with Crippen LogP contribution in [0.1, 0.15) is 57.6 Å². The minimum atomic E-state index is -0.738. The highest BCUT2D eigenvalue weighted by molar-refractivity contribution is 6.08. The van der Waals surface area contributed by atoms with Crippen LogP contribution in [0, 0.1) is 11.6 Å². The van der Waals surface area contributed by atoms with Gasteiger partial charge in [-0.15, -0.1) is 5.10 Å². The number of aromatic nitrogens is 5. The number of nitrogens with zero attached hydrogens (tertiary/aromatic N) is 5. The lowest BCUT2D eigenvalue weighted by Gasteiger charge is -2.17. The summed E-state index contributed by atoms with van der Waals surface area (Å²) in [4.78, 5) is 37.1. The van der Waals surface area contributed by atoms with Crippen LogP contribution in [0.25, 0.3) is 33.6 Å². The number of pyridine rings is 2. The average molecular weight is 607 g/mol. The normalized spacial score (nSPS) is 15.6. The number of aromatic amines is 1. The molecule has 0 radical (unpaired) electrons. The molecular formula is C33H24F2N6O4. The highest BCUT2D eigenvalue weighted by Gasteiger charge is 2.44. The fourth-order valence-corrected chi connectivity index (χ4v) is 6.46. The number of carbonyl (C=O) groups is 1. The number of benzene rings is 2. The standard InChI is InChI=1S/C33H24F2N6O4/c34-19-7-3-17(4-8-19)5-12-23-28(31-38-39-33(43)44-31)27(29-30(37-23)25-2-1-13-41(25)32(29)42)18-6-11-22-24(40-45-26(22)14-18)15-21-10-9-20(35)16-36-21/h3-4,6-11,14,16,25H,1-2,5,12-13,15H2,(H,39,43)/t25-/m0/s1. The van der Waals surface area contributed by atoms with Crippen molar-refractivity contribution >= 4 is 16.9 Å². The largest absolute Gasteiger partial charge is 0.434 e. The summed E-state index contributed by atoms with van der Waals surface area (Å²) in [7, 11) is 0. The van der Waals surface area contributed by atoms with Crippen molar-refractivity contribution in [2.45, 2.75) is 38.1 Å². The van der Waals surface area contributed by atoms with Crippen molar-refractivity contribution in [3.63, 3.8) is 0 Å². The molecule has 10 nitrogen and oxygen atoms in total. The van der Waals surface area contributed by atoms with Gasteiger partial charge in [-0.3, -0.25) is 14.8 Å². The van der Waals surface area contributed by atoms with Crippen LogP contribution in [0.15, 0.2) is 74.5 Å². The van der Waals surface area contributed by atoms with Gasteiger partial charge in [0.1, 0.15) is 11.6 Å². The predicted molar refractivity (Wildman–Crippen MR) is 157 cm³/mol. The first-order valence-electron chi connectivity index (χ1n) is 14.6. The van der Waals surface area contributed by atoms with E-state index in [0.717, 1.165) is 30.0 Å². The number of hydrogen-bond donors (Lipinski definition) is 1. The monoisotopic (exact) mass is 606 g/mol. The highest BCUT2D eigenvalue weighted by atomic mass is 19.1. The van der Waals surface area contributed by atoms with Crippen LogP contribution >= 0.6 is 0 Å². The molecule has 224 valence electrons. The number of rotatable bonds is 7. The lowest BCUT2D eigenvalue weighted by molar-refractivity contribution is 0.0776. The maximum atomic E-state index is 13.9. The summed E-state index contributed by atoms with van der Waals surface area (Å²) in [5, 5.41) is 11.5.